The maximum absolute atomic E-state index is 12.6. The zero-order valence-corrected chi connectivity index (χ0v) is 15.6. The van der Waals surface area contributed by atoms with Crippen LogP contribution in [-0.4, -0.2) is 25.0 Å². The van der Waals surface area contributed by atoms with Gasteiger partial charge in [-0.1, -0.05) is 0 Å². The van der Waals surface area contributed by atoms with Gasteiger partial charge in [-0.05, 0) is 63.1 Å². The normalized spacial score (nSPS) is 13.0. The monoisotopic (exact) mass is 368 g/mol. The van der Waals surface area contributed by atoms with Crippen molar-refractivity contribution >= 4 is 23.2 Å². The van der Waals surface area contributed by atoms with E-state index >= 15 is 0 Å². The molecule has 142 valence electrons. The molecule has 2 N–H and O–H groups in total. The number of carbonyl (C=O) groups excluding carboxylic acids is 2. The molecule has 0 bridgehead atoms. The van der Waals surface area contributed by atoms with E-state index in [-0.39, 0.29) is 17.7 Å². The van der Waals surface area contributed by atoms with E-state index < -0.39 is 0 Å². The van der Waals surface area contributed by atoms with Crippen molar-refractivity contribution in [2.45, 2.75) is 26.7 Å². The fourth-order valence-corrected chi connectivity index (χ4v) is 2.63. The Bertz CT molecular complexity index is 813. The average Bonchev–Trinajstić information content (AvgIpc) is 3.50. The minimum absolute atomic E-state index is 0.0429. The van der Waals surface area contributed by atoms with Crippen LogP contribution in [0.4, 0.5) is 11.4 Å². The summed E-state index contributed by atoms with van der Waals surface area (Å²) in [4.78, 5) is 24.4. The van der Waals surface area contributed by atoms with Gasteiger partial charge in [0.1, 0.15) is 11.5 Å². The molecule has 6 nitrogen and oxygen atoms in total. The lowest BCUT2D eigenvalue weighted by Crippen LogP contribution is -2.15. The minimum atomic E-state index is -0.260. The van der Waals surface area contributed by atoms with Crippen LogP contribution in [0.3, 0.4) is 0 Å². The van der Waals surface area contributed by atoms with Gasteiger partial charge in [0.15, 0.2) is 0 Å². The van der Waals surface area contributed by atoms with E-state index in [9.17, 15) is 9.59 Å². The quantitative estimate of drug-likeness (QED) is 0.736. The van der Waals surface area contributed by atoms with E-state index in [1.165, 1.54) is 0 Å². The highest BCUT2D eigenvalue weighted by molar-refractivity contribution is 6.05. The van der Waals surface area contributed by atoms with E-state index in [1.807, 2.05) is 19.9 Å². The van der Waals surface area contributed by atoms with Crippen LogP contribution in [0.15, 0.2) is 42.5 Å². The Labute approximate surface area is 158 Å². The zero-order valence-electron chi connectivity index (χ0n) is 15.6. The molecule has 1 aliphatic carbocycles. The molecule has 0 heterocycles. The van der Waals surface area contributed by atoms with E-state index in [2.05, 4.69) is 10.6 Å². The van der Waals surface area contributed by atoms with Crippen molar-refractivity contribution in [2.24, 2.45) is 5.92 Å². The van der Waals surface area contributed by atoms with Crippen LogP contribution in [0.5, 0.6) is 11.5 Å². The van der Waals surface area contributed by atoms with Crippen molar-refractivity contribution in [2.75, 3.05) is 23.8 Å². The smallest absolute Gasteiger partial charge is 0.255 e. The molecule has 0 aromatic heterocycles. The number of anilines is 2. The SMILES string of the molecule is CCOc1ccc(OCC)c(NC(=O)c2ccc(NC(=O)C3CC3)cc2)c1. The van der Waals surface area contributed by atoms with E-state index in [0.717, 1.165) is 12.8 Å². The topological polar surface area (TPSA) is 76.7 Å². The Hall–Kier alpha value is -3.02. The summed E-state index contributed by atoms with van der Waals surface area (Å²) in [5.74, 6) is 1.17. The zero-order chi connectivity index (χ0) is 19.2. The number of nitrogens with one attached hydrogen (secondary N) is 2. The lowest BCUT2D eigenvalue weighted by molar-refractivity contribution is -0.117. The van der Waals surface area contributed by atoms with Gasteiger partial charge >= 0.3 is 0 Å². The molecule has 1 fully saturated rings. The molecule has 0 radical (unpaired) electrons. The van der Waals surface area contributed by atoms with Crippen LogP contribution in [0.1, 0.15) is 37.0 Å². The fourth-order valence-electron chi connectivity index (χ4n) is 2.63. The summed E-state index contributed by atoms with van der Waals surface area (Å²) in [5.41, 5.74) is 1.74. The summed E-state index contributed by atoms with van der Waals surface area (Å²) in [7, 11) is 0. The van der Waals surface area contributed by atoms with Gasteiger partial charge in [-0.25, -0.2) is 0 Å². The van der Waals surface area contributed by atoms with Crippen molar-refractivity contribution in [1.29, 1.82) is 0 Å². The molecule has 1 aliphatic rings. The van der Waals surface area contributed by atoms with E-state index in [1.54, 1.807) is 36.4 Å². The third kappa shape index (κ3) is 5.00. The first kappa shape index (κ1) is 18.8. The molecule has 1 saturated carbocycles. The van der Waals surface area contributed by atoms with Crippen LogP contribution in [0, 0.1) is 5.92 Å². The summed E-state index contributed by atoms with van der Waals surface area (Å²) in [5, 5.41) is 5.73. The molecular weight excluding hydrogens is 344 g/mol. The second-order valence-corrected chi connectivity index (χ2v) is 6.32. The van der Waals surface area contributed by atoms with Crippen molar-refractivity contribution < 1.29 is 19.1 Å². The summed E-state index contributed by atoms with van der Waals surface area (Å²) >= 11 is 0. The number of hydrogen-bond donors (Lipinski definition) is 2. The van der Waals surface area contributed by atoms with Gasteiger partial charge in [-0.3, -0.25) is 9.59 Å². The Kier molecular flexibility index (Phi) is 5.96. The van der Waals surface area contributed by atoms with Crippen molar-refractivity contribution in [1.82, 2.24) is 0 Å². The molecule has 0 saturated heterocycles. The van der Waals surface area contributed by atoms with Gasteiger partial charge in [0.25, 0.3) is 5.91 Å². The van der Waals surface area contributed by atoms with Crippen LogP contribution in [0.2, 0.25) is 0 Å². The lowest BCUT2D eigenvalue weighted by atomic mass is 10.1. The fraction of sp³-hybridized carbons (Fsp3) is 0.333. The number of rotatable bonds is 8. The van der Waals surface area contributed by atoms with E-state index in [0.29, 0.717) is 41.7 Å². The highest BCUT2D eigenvalue weighted by Crippen LogP contribution is 2.31. The Morgan fingerprint density at radius 3 is 2.30 bits per heavy atom. The molecule has 0 aliphatic heterocycles. The van der Waals surface area contributed by atoms with Crippen molar-refractivity contribution in [3.63, 3.8) is 0 Å². The van der Waals surface area contributed by atoms with Crippen molar-refractivity contribution in [3.05, 3.63) is 48.0 Å². The Morgan fingerprint density at radius 2 is 1.67 bits per heavy atom. The standard InChI is InChI=1S/C21H24N2O4/c1-3-26-17-11-12-19(27-4-2)18(13-17)23-21(25)15-7-9-16(10-8-15)22-20(24)14-5-6-14/h7-14H,3-6H2,1-2H3,(H,22,24)(H,23,25). The number of hydrogen-bond acceptors (Lipinski definition) is 4. The molecule has 2 aromatic rings. The maximum Gasteiger partial charge on any atom is 0.255 e. The molecule has 0 unspecified atom stereocenters. The van der Waals surface area contributed by atoms with Gasteiger partial charge in [0.05, 0.1) is 18.9 Å². The van der Waals surface area contributed by atoms with Gasteiger partial charge in [0.2, 0.25) is 5.91 Å². The largest absolute Gasteiger partial charge is 0.494 e. The second-order valence-electron chi connectivity index (χ2n) is 6.32. The van der Waals surface area contributed by atoms with Crippen LogP contribution >= 0.6 is 0 Å². The van der Waals surface area contributed by atoms with Gasteiger partial charge in [-0.2, -0.15) is 0 Å². The molecule has 27 heavy (non-hydrogen) atoms. The number of benzene rings is 2. The molecule has 2 amide bonds. The second kappa shape index (κ2) is 8.58. The number of amides is 2. The number of ether oxygens (including phenoxy) is 2. The third-order valence-corrected chi connectivity index (χ3v) is 4.17. The molecule has 6 heteroatoms. The maximum atomic E-state index is 12.6. The molecule has 2 aromatic carbocycles. The van der Waals surface area contributed by atoms with Gasteiger partial charge in [0, 0.05) is 23.2 Å². The third-order valence-electron chi connectivity index (χ3n) is 4.17. The summed E-state index contributed by atoms with van der Waals surface area (Å²) in [6.07, 6.45) is 1.91. The molecular formula is C21H24N2O4. The predicted octanol–water partition coefficient (Wildman–Crippen LogP) is 4.08. The Morgan fingerprint density at radius 1 is 0.963 bits per heavy atom. The summed E-state index contributed by atoms with van der Waals surface area (Å²) in [6.45, 7) is 4.82. The first-order valence-corrected chi connectivity index (χ1v) is 9.22. The van der Waals surface area contributed by atoms with Crippen LogP contribution in [0.25, 0.3) is 0 Å². The average molecular weight is 368 g/mol. The predicted molar refractivity (Wildman–Crippen MR) is 105 cm³/mol. The highest BCUT2D eigenvalue weighted by Gasteiger charge is 2.29. The van der Waals surface area contributed by atoms with Gasteiger partial charge < -0.3 is 20.1 Å². The van der Waals surface area contributed by atoms with Gasteiger partial charge in [-0.15, -0.1) is 0 Å². The minimum Gasteiger partial charge on any atom is -0.494 e. The summed E-state index contributed by atoms with van der Waals surface area (Å²) < 4.78 is 11.1. The molecule has 0 atom stereocenters. The number of carbonyl (C=O) groups is 2. The first-order valence-electron chi connectivity index (χ1n) is 9.22. The molecule has 3 rings (SSSR count). The first-order chi connectivity index (χ1) is 13.1. The Balaban J connectivity index is 1.70. The van der Waals surface area contributed by atoms with Crippen LogP contribution < -0.4 is 20.1 Å². The van der Waals surface area contributed by atoms with Crippen molar-refractivity contribution in [3.8, 4) is 11.5 Å². The van der Waals surface area contributed by atoms with Crippen LogP contribution in [-0.2, 0) is 4.79 Å². The molecule has 0 spiro atoms. The lowest BCUT2D eigenvalue weighted by Gasteiger charge is -2.14. The highest BCUT2D eigenvalue weighted by atomic mass is 16.5. The summed E-state index contributed by atoms with van der Waals surface area (Å²) in [6, 6.07) is 12.2. The van der Waals surface area contributed by atoms with E-state index in [4.69, 9.17) is 9.47 Å².